The minimum Gasteiger partial charge on any atom is -0.480 e. The van der Waals surface area contributed by atoms with Gasteiger partial charge in [-0.05, 0) is 37.1 Å². The molecule has 1 atom stereocenters. The Kier molecular flexibility index (Phi) is 3.74. The van der Waals surface area contributed by atoms with Gasteiger partial charge in [0.25, 0.3) is 5.91 Å². The lowest BCUT2D eigenvalue weighted by Gasteiger charge is -2.15. The molecule has 2 N–H and O–H groups in total. The molecule has 1 aliphatic heterocycles. The number of carboxylic acids is 1. The van der Waals surface area contributed by atoms with E-state index in [0.29, 0.717) is 18.5 Å². The standard InChI is InChI=1S/C14H16N2O4/c1-8(14(19)20)15-13(18)11-3-4-12-10(7-11)5-6-16(12)9(2)17/h3-4,7-8H,5-6H2,1-2H3,(H,15,18)(H,19,20)/t8-/m0/s1. The second-order valence-electron chi connectivity index (χ2n) is 4.80. The molecule has 0 bridgehead atoms. The normalized spacial score (nSPS) is 14.6. The van der Waals surface area contributed by atoms with Gasteiger partial charge in [0.05, 0.1) is 0 Å². The molecule has 0 radical (unpaired) electrons. The second-order valence-corrected chi connectivity index (χ2v) is 4.80. The van der Waals surface area contributed by atoms with Gasteiger partial charge >= 0.3 is 5.97 Å². The monoisotopic (exact) mass is 276 g/mol. The fourth-order valence-corrected chi connectivity index (χ4v) is 2.21. The topological polar surface area (TPSA) is 86.7 Å². The van der Waals surface area contributed by atoms with Crippen molar-refractivity contribution in [1.82, 2.24) is 5.32 Å². The second kappa shape index (κ2) is 5.32. The highest BCUT2D eigenvalue weighted by molar-refractivity contribution is 5.99. The van der Waals surface area contributed by atoms with Crippen molar-refractivity contribution in [2.45, 2.75) is 26.3 Å². The lowest BCUT2D eigenvalue weighted by molar-refractivity contribution is -0.138. The van der Waals surface area contributed by atoms with Crippen molar-refractivity contribution in [3.8, 4) is 0 Å². The summed E-state index contributed by atoms with van der Waals surface area (Å²) in [5.41, 5.74) is 2.15. The van der Waals surface area contributed by atoms with Crippen molar-refractivity contribution >= 4 is 23.5 Å². The molecular formula is C14H16N2O4. The van der Waals surface area contributed by atoms with E-state index < -0.39 is 17.9 Å². The molecular weight excluding hydrogens is 260 g/mol. The van der Waals surface area contributed by atoms with Crippen LogP contribution in [0.1, 0.15) is 29.8 Å². The van der Waals surface area contributed by atoms with Crippen molar-refractivity contribution in [2.24, 2.45) is 0 Å². The Labute approximate surface area is 116 Å². The van der Waals surface area contributed by atoms with E-state index in [-0.39, 0.29) is 5.91 Å². The van der Waals surface area contributed by atoms with E-state index in [1.807, 2.05) is 0 Å². The number of amides is 2. The fraction of sp³-hybridized carbons (Fsp3) is 0.357. The van der Waals surface area contributed by atoms with Crippen molar-refractivity contribution in [1.29, 1.82) is 0 Å². The quantitative estimate of drug-likeness (QED) is 0.855. The van der Waals surface area contributed by atoms with Crippen LogP contribution < -0.4 is 10.2 Å². The third-order valence-electron chi connectivity index (χ3n) is 3.34. The Morgan fingerprint density at radius 3 is 2.65 bits per heavy atom. The molecule has 2 amide bonds. The van der Waals surface area contributed by atoms with Crippen molar-refractivity contribution in [3.05, 3.63) is 29.3 Å². The lowest BCUT2D eigenvalue weighted by atomic mass is 10.1. The van der Waals surface area contributed by atoms with E-state index in [4.69, 9.17) is 5.11 Å². The smallest absolute Gasteiger partial charge is 0.325 e. The van der Waals surface area contributed by atoms with E-state index in [1.165, 1.54) is 13.8 Å². The maximum atomic E-state index is 11.9. The Bertz CT molecular complexity index is 583. The number of fused-ring (bicyclic) bond motifs is 1. The van der Waals surface area contributed by atoms with Crippen molar-refractivity contribution in [3.63, 3.8) is 0 Å². The first-order chi connectivity index (χ1) is 9.40. The maximum Gasteiger partial charge on any atom is 0.325 e. The number of rotatable bonds is 3. The van der Waals surface area contributed by atoms with Gasteiger partial charge in [0.2, 0.25) is 5.91 Å². The van der Waals surface area contributed by atoms with Crippen LogP contribution in [0.3, 0.4) is 0 Å². The fourth-order valence-electron chi connectivity index (χ4n) is 2.21. The predicted octanol–water partition coefficient (Wildman–Crippen LogP) is 0.798. The summed E-state index contributed by atoms with van der Waals surface area (Å²) in [7, 11) is 0. The number of hydrogen-bond acceptors (Lipinski definition) is 3. The third-order valence-corrected chi connectivity index (χ3v) is 3.34. The van der Waals surface area contributed by atoms with Gasteiger partial charge in [-0.2, -0.15) is 0 Å². The largest absolute Gasteiger partial charge is 0.480 e. The van der Waals surface area contributed by atoms with Gasteiger partial charge in [0.15, 0.2) is 0 Å². The minimum absolute atomic E-state index is 0.0274. The van der Waals surface area contributed by atoms with E-state index >= 15 is 0 Å². The molecule has 1 aromatic carbocycles. The number of anilines is 1. The van der Waals surface area contributed by atoms with Gasteiger partial charge in [0, 0.05) is 24.7 Å². The summed E-state index contributed by atoms with van der Waals surface area (Å²) in [6.45, 7) is 3.52. The molecule has 20 heavy (non-hydrogen) atoms. The van der Waals surface area contributed by atoms with Gasteiger partial charge in [-0.25, -0.2) is 0 Å². The summed E-state index contributed by atoms with van der Waals surface area (Å²) in [6, 6.07) is 4.10. The molecule has 6 nitrogen and oxygen atoms in total. The number of nitrogens with one attached hydrogen (secondary N) is 1. The number of benzene rings is 1. The zero-order valence-electron chi connectivity index (χ0n) is 11.3. The Morgan fingerprint density at radius 2 is 2.05 bits per heavy atom. The highest BCUT2D eigenvalue weighted by Crippen LogP contribution is 2.28. The summed E-state index contributed by atoms with van der Waals surface area (Å²) >= 11 is 0. The van der Waals surface area contributed by atoms with Crippen LogP contribution in [-0.4, -0.2) is 35.5 Å². The number of carboxylic acid groups (broad SMARTS) is 1. The third kappa shape index (κ3) is 2.64. The Hall–Kier alpha value is -2.37. The number of carbonyl (C=O) groups excluding carboxylic acids is 2. The van der Waals surface area contributed by atoms with Crippen molar-refractivity contribution < 1.29 is 19.5 Å². The average Bonchev–Trinajstić information content (AvgIpc) is 2.81. The summed E-state index contributed by atoms with van der Waals surface area (Å²) in [4.78, 5) is 35.7. The average molecular weight is 276 g/mol. The molecule has 1 heterocycles. The highest BCUT2D eigenvalue weighted by atomic mass is 16.4. The Balaban J connectivity index is 2.18. The van der Waals surface area contributed by atoms with E-state index in [2.05, 4.69) is 5.32 Å². The van der Waals surface area contributed by atoms with Crippen LogP contribution in [0.15, 0.2) is 18.2 Å². The lowest BCUT2D eigenvalue weighted by Crippen LogP contribution is -2.38. The molecule has 1 aliphatic rings. The maximum absolute atomic E-state index is 11.9. The Morgan fingerprint density at radius 1 is 1.35 bits per heavy atom. The molecule has 2 rings (SSSR count). The predicted molar refractivity (Wildman–Crippen MR) is 72.7 cm³/mol. The SMILES string of the molecule is CC(=O)N1CCc2cc(C(=O)N[C@@H](C)C(=O)O)ccc21. The van der Waals surface area contributed by atoms with Gasteiger partial charge in [0.1, 0.15) is 6.04 Å². The van der Waals surface area contributed by atoms with Crippen molar-refractivity contribution in [2.75, 3.05) is 11.4 Å². The number of carbonyl (C=O) groups is 3. The summed E-state index contributed by atoms with van der Waals surface area (Å²) in [5.74, 6) is -1.54. The number of aliphatic carboxylic acids is 1. The van der Waals surface area contributed by atoms with Crippen LogP contribution in [0.25, 0.3) is 0 Å². The molecule has 0 spiro atoms. The van der Waals surface area contributed by atoms with Crippen LogP contribution in [0.5, 0.6) is 0 Å². The molecule has 0 saturated carbocycles. The molecule has 0 saturated heterocycles. The van der Waals surface area contributed by atoms with Gasteiger partial charge in [-0.15, -0.1) is 0 Å². The molecule has 0 unspecified atom stereocenters. The molecule has 0 aromatic heterocycles. The van der Waals surface area contributed by atoms with Gasteiger partial charge < -0.3 is 15.3 Å². The zero-order valence-corrected chi connectivity index (χ0v) is 11.3. The highest BCUT2D eigenvalue weighted by Gasteiger charge is 2.23. The van der Waals surface area contributed by atoms with Crippen LogP contribution >= 0.6 is 0 Å². The number of nitrogens with zero attached hydrogens (tertiary/aromatic N) is 1. The molecule has 0 fully saturated rings. The first-order valence-electron chi connectivity index (χ1n) is 6.35. The van der Waals surface area contributed by atoms with Crippen LogP contribution in [0, 0.1) is 0 Å². The van der Waals surface area contributed by atoms with E-state index in [9.17, 15) is 14.4 Å². The zero-order chi connectivity index (χ0) is 14.9. The van der Waals surface area contributed by atoms with Crippen LogP contribution in [-0.2, 0) is 16.0 Å². The van der Waals surface area contributed by atoms with Gasteiger partial charge in [-0.3, -0.25) is 14.4 Å². The summed E-state index contributed by atoms with van der Waals surface area (Å²) in [5, 5.41) is 11.2. The summed E-state index contributed by atoms with van der Waals surface area (Å²) < 4.78 is 0. The van der Waals surface area contributed by atoms with Gasteiger partial charge in [-0.1, -0.05) is 0 Å². The number of hydrogen-bond donors (Lipinski definition) is 2. The molecule has 0 aliphatic carbocycles. The molecule has 1 aromatic rings. The van der Waals surface area contributed by atoms with E-state index in [1.54, 1.807) is 23.1 Å². The van der Waals surface area contributed by atoms with Crippen LogP contribution in [0.4, 0.5) is 5.69 Å². The van der Waals surface area contributed by atoms with Crippen LogP contribution in [0.2, 0.25) is 0 Å². The molecule has 6 heteroatoms. The first-order valence-corrected chi connectivity index (χ1v) is 6.35. The van der Waals surface area contributed by atoms with E-state index in [0.717, 1.165) is 11.3 Å². The minimum atomic E-state index is -1.08. The molecule has 106 valence electrons. The summed E-state index contributed by atoms with van der Waals surface area (Å²) in [6.07, 6.45) is 0.699. The first kappa shape index (κ1) is 14.0.